The second-order valence-electron chi connectivity index (χ2n) is 9.83. The first kappa shape index (κ1) is 28.8. The average Bonchev–Trinajstić information content (AvgIpc) is 3.30. The zero-order valence-electron chi connectivity index (χ0n) is 22.1. The third kappa shape index (κ3) is 6.61. The van der Waals surface area contributed by atoms with Gasteiger partial charge in [-0.15, -0.1) is 0 Å². The third-order valence-electron chi connectivity index (χ3n) is 7.21. The highest BCUT2D eigenvalue weighted by atomic mass is 35.5. The molecule has 212 valence electrons. The molecule has 11 heteroatoms. The number of hydrogen-bond acceptors (Lipinski definition) is 4. The largest absolute Gasteiger partial charge is 0.417 e. The number of fused-ring (bicyclic) bond motifs is 1. The van der Waals surface area contributed by atoms with Gasteiger partial charge in [0, 0.05) is 79.9 Å². The molecule has 0 bridgehead atoms. The lowest BCUT2D eigenvalue weighted by Crippen LogP contribution is -2.37. The van der Waals surface area contributed by atoms with Crippen LogP contribution < -0.4 is 0 Å². The molecule has 1 fully saturated rings. The summed E-state index contributed by atoms with van der Waals surface area (Å²) in [5.74, 6) is 5.51. The number of ether oxygens (including phenoxy) is 1. The van der Waals surface area contributed by atoms with E-state index < -0.39 is 22.7 Å². The molecule has 40 heavy (non-hydrogen) atoms. The maximum Gasteiger partial charge on any atom is 0.417 e. The van der Waals surface area contributed by atoms with Crippen molar-refractivity contribution in [1.82, 2.24) is 19.0 Å². The summed E-state index contributed by atoms with van der Waals surface area (Å²) in [5, 5.41) is 5.33. The van der Waals surface area contributed by atoms with E-state index in [9.17, 15) is 17.4 Å². The van der Waals surface area contributed by atoms with Gasteiger partial charge in [-0.2, -0.15) is 18.3 Å². The Kier molecular flexibility index (Phi) is 8.98. The number of rotatable bonds is 6. The number of morpholine rings is 1. The number of alkyl halides is 3. The van der Waals surface area contributed by atoms with E-state index >= 15 is 0 Å². The molecular weight excluding hydrogens is 561 g/mol. The summed E-state index contributed by atoms with van der Waals surface area (Å²) in [6.45, 7) is 6.27. The monoisotopic (exact) mass is 590 g/mol. The van der Waals surface area contributed by atoms with Gasteiger partial charge in [0.05, 0.1) is 40.5 Å². The Bertz CT molecular complexity index is 1460. The zero-order chi connectivity index (χ0) is 28.3. The average molecular weight is 591 g/mol. The topological polar surface area (TPSA) is 50.6 Å². The normalized spacial score (nSPS) is 17.2. The van der Waals surface area contributed by atoms with Gasteiger partial charge in [0.2, 0.25) is 0 Å². The molecular formula is C29H30ClF3N4O2S. The molecule has 0 spiro atoms. The van der Waals surface area contributed by atoms with Gasteiger partial charge < -0.3 is 4.74 Å². The molecule has 2 aliphatic rings. The molecule has 3 heterocycles. The molecule has 6 nitrogen and oxygen atoms in total. The second-order valence-corrected chi connectivity index (χ2v) is 11.6. The molecule has 1 saturated heterocycles. The van der Waals surface area contributed by atoms with Crippen LogP contribution in [-0.2, 0) is 41.4 Å². The highest BCUT2D eigenvalue weighted by Gasteiger charge is 2.32. The first-order valence-electron chi connectivity index (χ1n) is 13.2. The summed E-state index contributed by atoms with van der Waals surface area (Å²) in [7, 11) is -1.12. The molecule has 0 saturated carbocycles. The van der Waals surface area contributed by atoms with Crippen LogP contribution in [0.15, 0.2) is 42.5 Å². The minimum Gasteiger partial charge on any atom is -0.379 e. The first-order chi connectivity index (χ1) is 19.2. The molecule has 1 unspecified atom stereocenters. The van der Waals surface area contributed by atoms with Crippen LogP contribution in [0, 0.1) is 11.8 Å². The van der Waals surface area contributed by atoms with E-state index in [2.05, 4.69) is 21.4 Å². The predicted molar refractivity (Wildman–Crippen MR) is 150 cm³/mol. The van der Waals surface area contributed by atoms with Crippen LogP contribution in [0.5, 0.6) is 0 Å². The lowest BCUT2D eigenvalue weighted by Gasteiger charge is -2.27. The summed E-state index contributed by atoms with van der Waals surface area (Å²) in [6.07, 6.45) is -1.16. The summed E-state index contributed by atoms with van der Waals surface area (Å²) >= 11 is 6.42. The number of hydrogen-bond donors (Lipinski definition) is 0. The van der Waals surface area contributed by atoms with Gasteiger partial charge >= 0.3 is 6.18 Å². The van der Waals surface area contributed by atoms with Crippen molar-refractivity contribution in [3.8, 4) is 23.1 Å². The lowest BCUT2D eigenvalue weighted by molar-refractivity contribution is -0.137. The van der Waals surface area contributed by atoms with Gasteiger partial charge in [-0.1, -0.05) is 41.6 Å². The predicted octanol–water partition coefficient (Wildman–Crippen LogP) is 5.00. The number of benzene rings is 2. The maximum absolute atomic E-state index is 13.4. The lowest BCUT2D eigenvalue weighted by atomic mass is 10.00. The quantitative estimate of drug-likeness (QED) is 0.380. The van der Waals surface area contributed by atoms with E-state index in [-0.39, 0.29) is 5.56 Å². The fraction of sp³-hybridized carbons (Fsp3) is 0.414. The maximum atomic E-state index is 13.4. The van der Waals surface area contributed by atoms with E-state index in [0.29, 0.717) is 23.7 Å². The fourth-order valence-corrected chi connectivity index (χ4v) is 5.94. The minimum absolute atomic E-state index is 0.112. The van der Waals surface area contributed by atoms with Crippen LogP contribution >= 0.6 is 11.6 Å². The van der Waals surface area contributed by atoms with Gasteiger partial charge in [-0.3, -0.25) is 9.58 Å². The third-order valence-corrected chi connectivity index (χ3v) is 8.58. The second kappa shape index (κ2) is 12.5. The number of nitrogens with zero attached hydrogens (tertiary/aromatic N) is 4. The highest BCUT2D eigenvalue weighted by Crippen LogP contribution is 2.34. The molecule has 1 atom stereocenters. The Morgan fingerprint density at radius 3 is 2.55 bits per heavy atom. The summed E-state index contributed by atoms with van der Waals surface area (Å²) in [5.41, 5.74) is 3.18. The molecule has 0 N–H and O–H groups in total. The molecule has 0 amide bonds. The van der Waals surface area contributed by atoms with E-state index in [1.807, 2.05) is 10.4 Å². The molecule has 1 aromatic heterocycles. The number of aryl methyl sites for hydroxylation is 1. The van der Waals surface area contributed by atoms with Gasteiger partial charge in [-0.25, -0.2) is 8.51 Å². The number of aromatic nitrogens is 2. The van der Waals surface area contributed by atoms with Crippen LogP contribution in [0.3, 0.4) is 0 Å². The van der Waals surface area contributed by atoms with Crippen LogP contribution in [0.25, 0.3) is 11.3 Å². The summed E-state index contributed by atoms with van der Waals surface area (Å²) < 4.78 is 62.1. The van der Waals surface area contributed by atoms with Crippen molar-refractivity contribution >= 4 is 22.6 Å². The standard InChI is InChI=1S/C29H30ClF3N4O2S/c1-40(38)36-14-11-27-24(20-36)28(34-37(27)13-4-12-35-15-17-39-18-16-35)23-9-10-26(30)22(19-23)8-7-21-5-2-3-6-25(21)29(31,32)33/h2-3,5-6,9-10,19H,4,11-18,20H2,1H3. The van der Waals surface area contributed by atoms with Crippen LogP contribution in [0.4, 0.5) is 13.2 Å². The SMILES string of the molecule is CS(=O)N1CCc2c(c(-c3ccc(Cl)c(C#Cc4ccccc4C(F)(F)F)c3)nn2CCCN2CCOCC2)C1. The molecule has 0 radical (unpaired) electrons. The summed E-state index contributed by atoms with van der Waals surface area (Å²) in [6, 6.07) is 10.5. The van der Waals surface area contributed by atoms with E-state index in [1.54, 1.807) is 18.4 Å². The zero-order valence-corrected chi connectivity index (χ0v) is 23.7. The van der Waals surface area contributed by atoms with Crippen molar-refractivity contribution in [1.29, 1.82) is 0 Å². The molecule has 5 rings (SSSR count). The highest BCUT2D eigenvalue weighted by molar-refractivity contribution is 7.81. The minimum atomic E-state index is -4.50. The smallest absolute Gasteiger partial charge is 0.379 e. The van der Waals surface area contributed by atoms with Gasteiger partial charge in [0.1, 0.15) is 0 Å². The molecule has 0 aliphatic carbocycles. The Morgan fingerprint density at radius 2 is 1.80 bits per heavy atom. The Labute approximate surface area is 239 Å². The van der Waals surface area contributed by atoms with Crippen LogP contribution in [0.1, 0.15) is 34.4 Å². The molecule has 3 aromatic rings. The summed E-state index contributed by atoms with van der Waals surface area (Å²) in [4.78, 5) is 2.39. The Balaban J connectivity index is 1.46. The number of halogens is 4. The van der Waals surface area contributed by atoms with E-state index in [1.165, 1.54) is 18.2 Å². The molecule has 2 aromatic carbocycles. The fourth-order valence-electron chi connectivity index (χ4n) is 5.11. The van der Waals surface area contributed by atoms with Gasteiger partial charge in [0.25, 0.3) is 0 Å². The van der Waals surface area contributed by atoms with Crippen molar-refractivity contribution in [2.45, 2.75) is 32.1 Å². The Hall–Kier alpha value is -2.68. The van der Waals surface area contributed by atoms with Crippen molar-refractivity contribution in [2.24, 2.45) is 0 Å². The van der Waals surface area contributed by atoms with Crippen molar-refractivity contribution in [3.05, 3.63) is 75.4 Å². The van der Waals surface area contributed by atoms with Gasteiger partial charge in [-0.05, 0) is 30.7 Å². The Morgan fingerprint density at radius 1 is 1.05 bits per heavy atom. The van der Waals surface area contributed by atoms with E-state index in [0.717, 1.165) is 80.8 Å². The first-order valence-corrected chi connectivity index (χ1v) is 15.1. The molecule has 2 aliphatic heterocycles. The van der Waals surface area contributed by atoms with E-state index in [4.69, 9.17) is 21.4 Å². The van der Waals surface area contributed by atoms with Crippen LogP contribution in [-0.4, -0.2) is 68.8 Å². The van der Waals surface area contributed by atoms with Crippen molar-refractivity contribution in [2.75, 3.05) is 45.6 Å². The van der Waals surface area contributed by atoms with Crippen molar-refractivity contribution < 1.29 is 22.1 Å². The van der Waals surface area contributed by atoms with Crippen molar-refractivity contribution in [3.63, 3.8) is 0 Å². The van der Waals surface area contributed by atoms with Crippen LogP contribution in [0.2, 0.25) is 5.02 Å². The van der Waals surface area contributed by atoms with Gasteiger partial charge in [0.15, 0.2) is 0 Å².